The predicted octanol–water partition coefficient (Wildman–Crippen LogP) is 2.78. The smallest absolute Gasteiger partial charge is 0.309 e. The van der Waals surface area contributed by atoms with Gasteiger partial charge in [-0.05, 0) is 45.4 Å². The van der Waals surface area contributed by atoms with E-state index in [1.807, 2.05) is 18.2 Å². The quantitative estimate of drug-likeness (QED) is 0.850. The van der Waals surface area contributed by atoms with Crippen molar-refractivity contribution in [3.05, 3.63) is 35.5 Å². The Labute approximate surface area is 140 Å². The Hall–Kier alpha value is -2.63. The number of carbonyl (C=O) groups excluding carboxylic acids is 1. The highest BCUT2D eigenvalue weighted by atomic mass is 16.5. The maximum Gasteiger partial charge on any atom is 0.309 e. The molecule has 2 rings (SSSR count). The van der Waals surface area contributed by atoms with E-state index in [-0.39, 0.29) is 12.5 Å². The Kier molecular flexibility index (Phi) is 5.07. The van der Waals surface area contributed by atoms with Crippen LogP contribution < -0.4 is 10.1 Å². The first-order chi connectivity index (χ1) is 11.2. The second-order valence-corrected chi connectivity index (χ2v) is 6.37. The van der Waals surface area contributed by atoms with Crippen LogP contribution >= 0.6 is 0 Å². The zero-order chi connectivity index (χ0) is 17.9. The van der Waals surface area contributed by atoms with E-state index >= 15 is 0 Å². The molecule has 0 radical (unpaired) electrons. The van der Waals surface area contributed by atoms with Crippen molar-refractivity contribution in [2.24, 2.45) is 5.41 Å². The first kappa shape index (κ1) is 17.7. The molecule has 1 amide bonds. The van der Waals surface area contributed by atoms with Gasteiger partial charge in [0.1, 0.15) is 5.75 Å². The number of fused-ring (bicyclic) bond motifs is 1. The average molecular weight is 330 g/mol. The number of nitrogens with one attached hydrogen (secondary N) is 1. The lowest BCUT2D eigenvalue weighted by Crippen LogP contribution is -2.32. The number of hydrogen-bond donors (Lipinski definition) is 2. The molecule has 2 N–H and O–H groups in total. The molecular weight excluding hydrogens is 308 g/mol. The van der Waals surface area contributed by atoms with Crippen LogP contribution in [-0.4, -0.2) is 35.6 Å². The fraction of sp³-hybridized carbons (Fsp3) is 0.389. The second-order valence-electron chi connectivity index (χ2n) is 6.37. The summed E-state index contributed by atoms with van der Waals surface area (Å²) in [6.07, 6.45) is 0.353. The number of nitrogens with zero attached hydrogens (tertiary/aromatic N) is 1. The molecule has 2 aromatic rings. The summed E-state index contributed by atoms with van der Waals surface area (Å²) in [7, 11) is 1.59. The molecule has 0 aliphatic carbocycles. The van der Waals surface area contributed by atoms with Gasteiger partial charge in [-0.2, -0.15) is 0 Å². The van der Waals surface area contributed by atoms with Gasteiger partial charge in [-0.1, -0.05) is 0 Å². The van der Waals surface area contributed by atoms with Crippen LogP contribution in [0.1, 0.15) is 36.3 Å². The van der Waals surface area contributed by atoms with Crippen LogP contribution in [-0.2, 0) is 4.79 Å². The third kappa shape index (κ3) is 3.82. The highest BCUT2D eigenvalue weighted by Crippen LogP contribution is 2.22. The number of hydrogen-bond acceptors (Lipinski definition) is 4. The summed E-state index contributed by atoms with van der Waals surface area (Å²) in [6, 6.07) is 7.27. The van der Waals surface area contributed by atoms with Gasteiger partial charge in [0.25, 0.3) is 5.91 Å². The van der Waals surface area contributed by atoms with Crippen LogP contribution in [0.25, 0.3) is 10.9 Å². The van der Waals surface area contributed by atoms with Crippen molar-refractivity contribution in [1.82, 2.24) is 10.3 Å². The minimum absolute atomic E-state index is 0.251. The molecule has 0 atom stereocenters. The van der Waals surface area contributed by atoms with Crippen molar-refractivity contribution < 1.29 is 19.4 Å². The minimum atomic E-state index is -0.880. The van der Waals surface area contributed by atoms with Gasteiger partial charge in [0, 0.05) is 18.0 Å². The number of rotatable bonds is 6. The van der Waals surface area contributed by atoms with E-state index in [4.69, 9.17) is 9.84 Å². The van der Waals surface area contributed by atoms with E-state index in [1.165, 1.54) is 0 Å². The van der Waals surface area contributed by atoms with Crippen LogP contribution in [0.5, 0.6) is 5.75 Å². The van der Waals surface area contributed by atoms with Crippen LogP contribution in [0.2, 0.25) is 0 Å². The number of carboxylic acid groups (broad SMARTS) is 1. The number of aliphatic carboxylic acids is 1. The van der Waals surface area contributed by atoms with Crippen molar-refractivity contribution in [1.29, 1.82) is 0 Å². The lowest BCUT2D eigenvalue weighted by atomic mass is 9.89. The molecule has 24 heavy (non-hydrogen) atoms. The fourth-order valence-electron chi connectivity index (χ4n) is 2.29. The van der Waals surface area contributed by atoms with Crippen molar-refractivity contribution >= 4 is 22.8 Å². The Bertz CT molecular complexity index is 784. The van der Waals surface area contributed by atoms with Gasteiger partial charge in [0.15, 0.2) is 0 Å². The molecule has 1 aromatic carbocycles. The lowest BCUT2D eigenvalue weighted by molar-refractivity contribution is -0.147. The lowest BCUT2D eigenvalue weighted by Gasteiger charge is -2.19. The van der Waals surface area contributed by atoms with Crippen LogP contribution in [0.15, 0.2) is 24.3 Å². The summed E-state index contributed by atoms with van der Waals surface area (Å²) in [6.45, 7) is 5.34. The summed E-state index contributed by atoms with van der Waals surface area (Å²) >= 11 is 0. The number of amides is 1. The highest BCUT2D eigenvalue weighted by molar-refractivity contribution is 5.98. The van der Waals surface area contributed by atoms with Gasteiger partial charge >= 0.3 is 5.97 Å². The van der Waals surface area contributed by atoms with Crippen molar-refractivity contribution in [3.63, 3.8) is 0 Å². The minimum Gasteiger partial charge on any atom is -0.497 e. The summed E-state index contributed by atoms with van der Waals surface area (Å²) < 4.78 is 5.18. The van der Waals surface area contributed by atoms with Crippen LogP contribution in [0.4, 0.5) is 0 Å². The topological polar surface area (TPSA) is 88.5 Å². The molecule has 0 bridgehead atoms. The molecule has 0 spiro atoms. The Morgan fingerprint density at radius 3 is 2.62 bits per heavy atom. The Morgan fingerprint density at radius 1 is 1.29 bits per heavy atom. The third-order valence-corrected chi connectivity index (χ3v) is 4.07. The molecule has 0 fully saturated rings. The molecule has 0 aliphatic heterocycles. The standard InChI is InChI=1S/C18H22N2O4/c1-11-14(16(21)19-8-7-18(2,3)17(22)23)9-12-5-6-13(24-4)10-15(12)20-11/h5-6,9-10H,7-8H2,1-4H3,(H,19,21)(H,22,23). The number of methoxy groups -OCH3 is 1. The predicted molar refractivity (Wildman–Crippen MR) is 91.4 cm³/mol. The number of ether oxygens (including phenoxy) is 1. The van der Waals surface area contributed by atoms with Gasteiger partial charge in [-0.15, -0.1) is 0 Å². The van der Waals surface area contributed by atoms with E-state index in [0.29, 0.717) is 23.4 Å². The van der Waals surface area contributed by atoms with Gasteiger partial charge in [-0.3, -0.25) is 14.6 Å². The molecule has 6 nitrogen and oxygen atoms in total. The largest absolute Gasteiger partial charge is 0.497 e. The molecule has 0 saturated carbocycles. The van der Waals surface area contributed by atoms with E-state index in [2.05, 4.69) is 10.3 Å². The maximum atomic E-state index is 12.4. The normalized spacial score (nSPS) is 11.3. The number of pyridine rings is 1. The number of benzene rings is 1. The molecule has 0 saturated heterocycles. The van der Waals surface area contributed by atoms with Crippen LogP contribution in [0, 0.1) is 12.3 Å². The second kappa shape index (κ2) is 6.86. The van der Waals surface area contributed by atoms with E-state index in [9.17, 15) is 9.59 Å². The summed E-state index contributed by atoms with van der Waals surface area (Å²) in [4.78, 5) is 27.9. The van der Waals surface area contributed by atoms with E-state index in [0.717, 1.165) is 10.9 Å². The molecule has 0 aliphatic rings. The first-order valence-corrected chi connectivity index (χ1v) is 7.71. The van der Waals surface area contributed by atoms with Crippen molar-refractivity contribution in [3.8, 4) is 5.75 Å². The Morgan fingerprint density at radius 2 is 2.00 bits per heavy atom. The van der Waals surface area contributed by atoms with E-state index < -0.39 is 11.4 Å². The molecule has 1 aromatic heterocycles. The van der Waals surface area contributed by atoms with Crippen LogP contribution in [0.3, 0.4) is 0 Å². The van der Waals surface area contributed by atoms with Gasteiger partial charge in [-0.25, -0.2) is 0 Å². The first-order valence-electron chi connectivity index (χ1n) is 7.71. The van der Waals surface area contributed by atoms with Crippen molar-refractivity contribution in [2.75, 3.05) is 13.7 Å². The Balaban J connectivity index is 2.15. The zero-order valence-corrected chi connectivity index (χ0v) is 14.3. The SMILES string of the molecule is COc1ccc2cc(C(=O)NCCC(C)(C)C(=O)O)c(C)nc2c1. The van der Waals surface area contributed by atoms with Gasteiger partial charge in [0.2, 0.25) is 0 Å². The van der Waals surface area contributed by atoms with Crippen molar-refractivity contribution in [2.45, 2.75) is 27.2 Å². The molecule has 6 heteroatoms. The number of carbonyl (C=O) groups is 2. The summed E-state index contributed by atoms with van der Waals surface area (Å²) in [5, 5.41) is 12.7. The molecule has 128 valence electrons. The molecule has 1 heterocycles. The highest BCUT2D eigenvalue weighted by Gasteiger charge is 2.26. The number of aryl methyl sites for hydroxylation is 1. The summed E-state index contributed by atoms with van der Waals surface area (Å²) in [5.74, 6) is -0.421. The third-order valence-electron chi connectivity index (χ3n) is 4.07. The fourth-order valence-corrected chi connectivity index (χ4v) is 2.29. The molecule has 0 unspecified atom stereocenters. The number of aromatic nitrogens is 1. The maximum absolute atomic E-state index is 12.4. The van der Waals surface area contributed by atoms with Gasteiger partial charge < -0.3 is 15.2 Å². The number of carboxylic acids is 1. The summed E-state index contributed by atoms with van der Waals surface area (Å²) in [5.41, 5.74) is 0.988. The van der Waals surface area contributed by atoms with Gasteiger partial charge in [0.05, 0.1) is 29.3 Å². The van der Waals surface area contributed by atoms with E-state index in [1.54, 1.807) is 33.9 Å². The molecular formula is C18H22N2O4. The monoisotopic (exact) mass is 330 g/mol. The average Bonchev–Trinajstić information content (AvgIpc) is 2.53. The zero-order valence-electron chi connectivity index (χ0n) is 14.3.